The Morgan fingerprint density at radius 2 is 2.25 bits per heavy atom. The zero-order valence-corrected chi connectivity index (χ0v) is 8.98. The van der Waals surface area contributed by atoms with Gasteiger partial charge in [-0.1, -0.05) is 51.1 Å². The minimum Gasteiger partial charge on any atom is -0.0654 e. The molecule has 1 aliphatic rings. The fraction of sp³-hybridized carbons (Fsp3) is 0.636. The van der Waals surface area contributed by atoms with Crippen molar-refractivity contribution in [2.75, 3.05) is 0 Å². The highest BCUT2D eigenvalue weighted by Gasteiger charge is 2.09. The first-order valence-corrected chi connectivity index (χ1v) is 5.88. The van der Waals surface area contributed by atoms with Gasteiger partial charge in [0.25, 0.3) is 0 Å². The van der Waals surface area contributed by atoms with Gasteiger partial charge in [-0.2, -0.15) is 0 Å². The van der Waals surface area contributed by atoms with E-state index in [1.807, 2.05) is 0 Å². The van der Waals surface area contributed by atoms with Crippen LogP contribution in [0.2, 0.25) is 0 Å². The van der Waals surface area contributed by atoms with Crippen molar-refractivity contribution in [3.63, 3.8) is 0 Å². The fourth-order valence-corrected chi connectivity index (χ4v) is 2.35. The lowest BCUT2D eigenvalue weighted by molar-refractivity contribution is 0.570. The summed E-state index contributed by atoms with van der Waals surface area (Å²) in [5.74, 6) is 3.03. The first kappa shape index (κ1) is 9.99. The van der Waals surface area contributed by atoms with Gasteiger partial charge in [-0.25, -0.2) is 0 Å². The molecule has 0 saturated carbocycles. The normalized spacial score (nSPS) is 20.0. The standard InChI is InChI=1S/C11H18P/c1-3-4-5-7-10(2)11-8-6-9-12-11/h6,8-10H,3-5,7H2,1-2H3. The van der Waals surface area contributed by atoms with Gasteiger partial charge in [0.15, 0.2) is 0 Å². The molecule has 0 aromatic heterocycles. The van der Waals surface area contributed by atoms with Crippen molar-refractivity contribution in [3.8, 4) is 0 Å². The molecule has 0 aliphatic carbocycles. The van der Waals surface area contributed by atoms with Crippen LogP contribution in [0.5, 0.6) is 0 Å². The highest BCUT2D eigenvalue weighted by atomic mass is 31.1. The maximum atomic E-state index is 2.35. The molecule has 12 heavy (non-hydrogen) atoms. The second-order valence-corrected chi connectivity index (χ2v) is 4.53. The molecule has 0 N–H and O–H groups in total. The summed E-state index contributed by atoms with van der Waals surface area (Å²) in [7, 11) is 1.43. The van der Waals surface area contributed by atoms with Gasteiger partial charge in [0.1, 0.15) is 0 Å². The molecule has 1 unspecified atom stereocenters. The number of hydrogen-bond donors (Lipinski definition) is 0. The Morgan fingerprint density at radius 3 is 2.83 bits per heavy atom. The minimum atomic E-state index is 0.799. The molecule has 0 bridgehead atoms. The van der Waals surface area contributed by atoms with Crippen LogP contribution in [0.3, 0.4) is 0 Å². The summed E-state index contributed by atoms with van der Waals surface area (Å²) in [6.07, 6.45) is 9.94. The lowest BCUT2D eigenvalue weighted by atomic mass is 10.0. The molecule has 1 atom stereocenters. The van der Waals surface area contributed by atoms with Crippen molar-refractivity contribution in [2.45, 2.75) is 39.5 Å². The van der Waals surface area contributed by atoms with Crippen LogP contribution in [-0.4, -0.2) is 0 Å². The predicted molar refractivity (Wildman–Crippen MR) is 57.4 cm³/mol. The van der Waals surface area contributed by atoms with Gasteiger partial charge < -0.3 is 0 Å². The van der Waals surface area contributed by atoms with Gasteiger partial charge in [-0.05, 0) is 26.2 Å². The quantitative estimate of drug-likeness (QED) is 0.431. The van der Waals surface area contributed by atoms with Crippen LogP contribution in [0.1, 0.15) is 39.5 Å². The van der Waals surface area contributed by atoms with Crippen molar-refractivity contribution in [1.82, 2.24) is 0 Å². The summed E-state index contributed by atoms with van der Waals surface area (Å²) in [4.78, 5) is 0. The SMILES string of the molecule is CCCCCC(C)C1=CC=C[P]1. The van der Waals surface area contributed by atoms with Gasteiger partial charge >= 0.3 is 0 Å². The van der Waals surface area contributed by atoms with Crippen molar-refractivity contribution in [1.29, 1.82) is 0 Å². The van der Waals surface area contributed by atoms with Crippen LogP contribution in [0.15, 0.2) is 23.3 Å². The number of unbranched alkanes of at least 4 members (excludes halogenated alkanes) is 2. The third-order valence-electron chi connectivity index (χ3n) is 2.32. The summed E-state index contributed by atoms with van der Waals surface area (Å²) in [6.45, 7) is 4.61. The fourth-order valence-electron chi connectivity index (χ4n) is 1.45. The zero-order chi connectivity index (χ0) is 8.81. The molecule has 1 heteroatoms. The van der Waals surface area contributed by atoms with Crippen LogP contribution >= 0.6 is 8.58 Å². The van der Waals surface area contributed by atoms with Crippen molar-refractivity contribution >= 4 is 8.58 Å². The van der Waals surface area contributed by atoms with Crippen LogP contribution in [0.25, 0.3) is 0 Å². The van der Waals surface area contributed by atoms with Crippen LogP contribution in [0.4, 0.5) is 0 Å². The minimum absolute atomic E-state index is 0.799. The topological polar surface area (TPSA) is 0 Å². The van der Waals surface area contributed by atoms with E-state index >= 15 is 0 Å². The lowest BCUT2D eigenvalue weighted by Crippen LogP contribution is -1.93. The molecule has 1 heterocycles. The Morgan fingerprint density at radius 1 is 1.42 bits per heavy atom. The second-order valence-electron chi connectivity index (χ2n) is 3.46. The molecule has 0 nitrogen and oxygen atoms in total. The van der Waals surface area contributed by atoms with E-state index in [0.717, 1.165) is 5.92 Å². The maximum absolute atomic E-state index is 2.35. The summed E-state index contributed by atoms with van der Waals surface area (Å²) >= 11 is 0. The number of rotatable bonds is 5. The first-order chi connectivity index (χ1) is 5.84. The van der Waals surface area contributed by atoms with E-state index in [-0.39, 0.29) is 0 Å². The average Bonchev–Trinajstić information content (AvgIpc) is 2.56. The Labute approximate surface area is 77.9 Å². The second kappa shape index (κ2) is 5.54. The molecule has 1 aliphatic heterocycles. The highest BCUT2D eigenvalue weighted by molar-refractivity contribution is 7.47. The van der Waals surface area contributed by atoms with Crippen LogP contribution in [0, 0.1) is 5.92 Å². The number of hydrogen-bond acceptors (Lipinski definition) is 0. The Bertz CT molecular complexity index is 179. The summed E-state index contributed by atoms with van der Waals surface area (Å²) in [5, 5.41) is 1.60. The lowest BCUT2D eigenvalue weighted by Gasteiger charge is -2.11. The maximum Gasteiger partial charge on any atom is -0.0179 e. The highest BCUT2D eigenvalue weighted by Crippen LogP contribution is 2.37. The van der Waals surface area contributed by atoms with E-state index in [9.17, 15) is 0 Å². The third kappa shape index (κ3) is 3.11. The predicted octanol–water partition coefficient (Wildman–Crippen LogP) is 4.56. The van der Waals surface area contributed by atoms with Crippen molar-refractivity contribution < 1.29 is 0 Å². The first-order valence-electron chi connectivity index (χ1n) is 4.92. The molecule has 0 spiro atoms. The summed E-state index contributed by atoms with van der Waals surface area (Å²) in [6, 6.07) is 0. The van der Waals surface area contributed by atoms with Gasteiger partial charge in [-0.3, -0.25) is 0 Å². The largest absolute Gasteiger partial charge is 0.0654 e. The van der Waals surface area contributed by atoms with Crippen molar-refractivity contribution in [2.24, 2.45) is 5.92 Å². The van der Waals surface area contributed by atoms with Gasteiger partial charge in [0, 0.05) is 0 Å². The Hall–Kier alpha value is -0.0900. The van der Waals surface area contributed by atoms with Crippen LogP contribution < -0.4 is 0 Å². The Kier molecular flexibility index (Phi) is 4.61. The van der Waals surface area contributed by atoms with E-state index in [0.29, 0.717) is 0 Å². The Balaban J connectivity index is 2.15. The van der Waals surface area contributed by atoms with Gasteiger partial charge in [0.05, 0.1) is 0 Å². The van der Waals surface area contributed by atoms with E-state index in [2.05, 4.69) is 31.8 Å². The van der Waals surface area contributed by atoms with E-state index in [4.69, 9.17) is 0 Å². The smallest absolute Gasteiger partial charge is 0.0179 e. The average molecular weight is 181 g/mol. The van der Waals surface area contributed by atoms with E-state index < -0.39 is 0 Å². The van der Waals surface area contributed by atoms with E-state index in [1.54, 1.807) is 5.31 Å². The molecular formula is C11H18P. The molecule has 1 rings (SSSR count). The van der Waals surface area contributed by atoms with E-state index in [1.165, 1.54) is 34.3 Å². The molecular weight excluding hydrogens is 163 g/mol. The molecule has 1 radical (unpaired) electrons. The summed E-state index contributed by atoms with van der Waals surface area (Å²) < 4.78 is 0. The molecule has 0 aromatic rings. The number of allylic oxidation sites excluding steroid dienone is 3. The zero-order valence-electron chi connectivity index (χ0n) is 8.09. The molecule has 0 amide bonds. The third-order valence-corrected chi connectivity index (χ3v) is 3.53. The molecule has 0 aromatic carbocycles. The van der Waals surface area contributed by atoms with Gasteiger partial charge in [-0.15, -0.1) is 0 Å². The molecule has 67 valence electrons. The molecule has 0 fully saturated rings. The molecule has 0 saturated heterocycles. The van der Waals surface area contributed by atoms with Gasteiger partial charge in [0.2, 0.25) is 0 Å². The monoisotopic (exact) mass is 181 g/mol. The summed E-state index contributed by atoms with van der Waals surface area (Å²) in [5.41, 5.74) is 0. The van der Waals surface area contributed by atoms with Crippen molar-refractivity contribution in [3.05, 3.63) is 23.3 Å². The van der Waals surface area contributed by atoms with Crippen LogP contribution in [-0.2, 0) is 0 Å².